The summed E-state index contributed by atoms with van der Waals surface area (Å²) in [5.41, 5.74) is 3.61. The van der Waals surface area contributed by atoms with Crippen LogP contribution in [0.1, 0.15) is 17.0 Å². The molecule has 0 spiro atoms. The Balaban J connectivity index is 1.92. The zero-order valence-corrected chi connectivity index (χ0v) is 16.3. The van der Waals surface area contributed by atoms with Crippen molar-refractivity contribution >= 4 is 39.0 Å². The maximum absolute atomic E-state index is 13.2. The molecule has 0 saturated carbocycles. The molecule has 0 amide bonds. The molecule has 0 radical (unpaired) electrons. The zero-order valence-electron chi connectivity index (χ0n) is 14.8. The van der Waals surface area contributed by atoms with E-state index in [1.165, 1.54) is 0 Å². The second-order valence-electron chi connectivity index (χ2n) is 6.35. The number of hydrogen-bond donors (Lipinski definition) is 0. The highest BCUT2D eigenvalue weighted by Gasteiger charge is 2.10. The lowest BCUT2D eigenvalue weighted by Gasteiger charge is -2.11. The average molecular weight is 417 g/mol. The molecule has 4 aromatic rings. The van der Waals surface area contributed by atoms with Gasteiger partial charge in [0.2, 0.25) is 0 Å². The van der Waals surface area contributed by atoms with Crippen molar-refractivity contribution in [3.63, 3.8) is 0 Å². The largest absolute Gasteiger partial charge is 0.268 e. The summed E-state index contributed by atoms with van der Waals surface area (Å²) in [5.74, 6) is 0.602. The van der Waals surface area contributed by atoms with E-state index in [9.17, 15) is 4.79 Å². The van der Waals surface area contributed by atoms with Gasteiger partial charge in [0.1, 0.15) is 5.82 Å². The number of hydrogen-bond acceptors (Lipinski definition) is 2. The molecule has 4 heteroatoms. The molecule has 0 N–H and O–H groups in total. The molecule has 3 nitrogen and oxygen atoms in total. The normalized spacial score (nSPS) is 11.3. The number of fused-ring (bicyclic) bond motifs is 1. The van der Waals surface area contributed by atoms with E-state index in [2.05, 4.69) is 15.9 Å². The van der Waals surface area contributed by atoms with Gasteiger partial charge >= 0.3 is 0 Å². The summed E-state index contributed by atoms with van der Waals surface area (Å²) < 4.78 is 2.69. The smallest absolute Gasteiger partial charge is 0.266 e. The van der Waals surface area contributed by atoms with Crippen LogP contribution in [0.3, 0.4) is 0 Å². The number of aryl methyl sites for hydroxylation is 1. The Hall–Kier alpha value is -2.98. The Labute approximate surface area is 165 Å². The van der Waals surface area contributed by atoms with E-state index in [1.807, 2.05) is 91.9 Å². The Kier molecular flexibility index (Phi) is 4.73. The highest BCUT2D eigenvalue weighted by molar-refractivity contribution is 9.10. The molecule has 1 heterocycles. The fourth-order valence-electron chi connectivity index (χ4n) is 2.95. The summed E-state index contributed by atoms with van der Waals surface area (Å²) in [6.07, 6.45) is 3.85. The fraction of sp³-hybridized carbons (Fsp3) is 0.0435. The quantitative estimate of drug-likeness (QED) is 0.433. The predicted molar refractivity (Wildman–Crippen MR) is 115 cm³/mol. The van der Waals surface area contributed by atoms with Crippen LogP contribution in [0.2, 0.25) is 0 Å². The van der Waals surface area contributed by atoms with E-state index >= 15 is 0 Å². The summed E-state index contributed by atoms with van der Waals surface area (Å²) >= 11 is 3.44. The number of halogens is 1. The average Bonchev–Trinajstić information content (AvgIpc) is 2.69. The first-order chi connectivity index (χ1) is 13.1. The molecule has 132 valence electrons. The van der Waals surface area contributed by atoms with Gasteiger partial charge in [-0.25, -0.2) is 4.98 Å². The topological polar surface area (TPSA) is 34.9 Å². The molecule has 0 aliphatic carbocycles. The number of benzene rings is 3. The first kappa shape index (κ1) is 17.4. The van der Waals surface area contributed by atoms with E-state index in [-0.39, 0.29) is 5.56 Å². The standard InChI is InChI=1S/C23H17BrN2O/c1-16-6-13-19(14-7-16)26-22(15-10-17-8-11-18(24)12-9-17)25-21-5-3-2-4-20(21)23(26)27/h2-15H,1H3/b15-10+. The maximum atomic E-state index is 13.2. The Morgan fingerprint density at radius 1 is 0.889 bits per heavy atom. The minimum Gasteiger partial charge on any atom is -0.268 e. The third kappa shape index (κ3) is 3.62. The number of aromatic nitrogens is 2. The van der Waals surface area contributed by atoms with Crippen LogP contribution < -0.4 is 5.56 Å². The lowest BCUT2D eigenvalue weighted by molar-refractivity contribution is 0.943. The third-order valence-corrected chi connectivity index (χ3v) is 4.92. The van der Waals surface area contributed by atoms with Crippen LogP contribution >= 0.6 is 15.9 Å². The van der Waals surface area contributed by atoms with Crippen molar-refractivity contribution in [2.75, 3.05) is 0 Å². The lowest BCUT2D eigenvalue weighted by atomic mass is 10.2. The molecule has 0 unspecified atom stereocenters. The van der Waals surface area contributed by atoms with Gasteiger partial charge in [-0.15, -0.1) is 0 Å². The Morgan fingerprint density at radius 2 is 1.59 bits per heavy atom. The number of rotatable bonds is 3. The fourth-order valence-corrected chi connectivity index (χ4v) is 3.21. The monoisotopic (exact) mass is 416 g/mol. The molecule has 4 rings (SSSR count). The van der Waals surface area contributed by atoms with Crippen LogP contribution in [-0.2, 0) is 0 Å². The van der Waals surface area contributed by atoms with Crippen molar-refractivity contribution < 1.29 is 0 Å². The summed E-state index contributed by atoms with van der Waals surface area (Å²) in [4.78, 5) is 17.9. The van der Waals surface area contributed by atoms with Gasteiger partial charge in [-0.3, -0.25) is 9.36 Å². The predicted octanol–water partition coefficient (Wildman–Crippen LogP) is 5.63. The van der Waals surface area contributed by atoms with Gasteiger partial charge in [0, 0.05) is 4.47 Å². The van der Waals surface area contributed by atoms with Crippen molar-refractivity contribution in [1.82, 2.24) is 9.55 Å². The van der Waals surface area contributed by atoms with E-state index < -0.39 is 0 Å². The molecule has 3 aromatic carbocycles. The highest BCUT2D eigenvalue weighted by atomic mass is 79.9. The molecule has 0 aliphatic heterocycles. The summed E-state index contributed by atoms with van der Waals surface area (Å²) in [5, 5.41) is 0.610. The van der Waals surface area contributed by atoms with Crippen LogP contribution in [0.25, 0.3) is 28.7 Å². The number of para-hydroxylation sites is 1. The summed E-state index contributed by atoms with van der Waals surface area (Å²) in [6, 6.07) is 23.3. The van der Waals surface area contributed by atoms with Crippen LogP contribution in [0.5, 0.6) is 0 Å². The molecular formula is C23H17BrN2O. The van der Waals surface area contributed by atoms with Gasteiger partial charge in [-0.1, -0.05) is 64.0 Å². The van der Waals surface area contributed by atoms with Gasteiger partial charge in [-0.05, 0) is 55.0 Å². The van der Waals surface area contributed by atoms with E-state index in [1.54, 1.807) is 4.57 Å². The highest BCUT2D eigenvalue weighted by Crippen LogP contribution is 2.17. The van der Waals surface area contributed by atoms with Crippen LogP contribution in [0.4, 0.5) is 0 Å². The van der Waals surface area contributed by atoms with E-state index in [4.69, 9.17) is 4.98 Å². The van der Waals surface area contributed by atoms with Crippen molar-refractivity contribution in [2.24, 2.45) is 0 Å². The van der Waals surface area contributed by atoms with Gasteiger partial charge in [-0.2, -0.15) is 0 Å². The SMILES string of the molecule is Cc1ccc(-n2c(/C=C/c3ccc(Br)cc3)nc3ccccc3c2=O)cc1. The third-order valence-electron chi connectivity index (χ3n) is 4.39. The minimum absolute atomic E-state index is 0.0695. The summed E-state index contributed by atoms with van der Waals surface area (Å²) in [6.45, 7) is 2.03. The second kappa shape index (κ2) is 7.33. The van der Waals surface area contributed by atoms with Gasteiger partial charge < -0.3 is 0 Å². The zero-order chi connectivity index (χ0) is 18.8. The van der Waals surface area contributed by atoms with Crippen LogP contribution in [0, 0.1) is 6.92 Å². The number of nitrogens with zero attached hydrogens (tertiary/aromatic N) is 2. The van der Waals surface area contributed by atoms with Gasteiger partial charge in [0.15, 0.2) is 0 Å². The lowest BCUT2D eigenvalue weighted by Crippen LogP contribution is -2.22. The van der Waals surface area contributed by atoms with E-state index in [0.717, 1.165) is 21.3 Å². The summed E-state index contributed by atoms with van der Waals surface area (Å²) in [7, 11) is 0. The molecule has 27 heavy (non-hydrogen) atoms. The van der Waals surface area contributed by atoms with Gasteiger partial charge in [0.05, 0.1) is 16.6 Å². The second-order valence-corrected chi connectivity index (χ2v) is 7.26. The Bertz CT molecular complexity index is 1190. The molecular weight excluding hydrogens is 400 g/mol. The molecule has 0 bridgehead atoms. The molecule has 0 atom stereocenters. The van der Waals surface area contributed by atoms with Crippen LogP contribution in [0.15, 0.2) is 82.1 Å². The van der Waals surface area contributed by atoms with Crippen molar-refractivity contribution in [1.29, 1.82) is 0 Å². The molecule has 0 fully saturated rings. The molecule has 0 aliphatic rings. The van der Waals surface area contributed by atoms with Crippen molar-refractivity contribution in [3.8, 4) is 5.69 Å². The van der Waals surface area contributed by atoms with Crippen molar-refractivity contribution in [3.05, 3.63) is 105 Å². The first-order valence-electron chi connectivity index (χ1n) is 8.64. The van der Waals surface area contributed by atoms with Crippen molar-refractivity contribution in [2.45, 2.75) is 6.92 Å². The first-order valence-corrected chi connectivity index (χ1v) is 9.43. The Morgan fingerprint density at radius 3 is 2.33 bits per heavy atom. The van der Waals surface area contributed by atoms with Gasteiger partial charge in [0.25, 0.3) is 5.56 Å². The van der Waals surface area contributed by atoms with Crippen LogP contribution in [-0.4, -0.2) is 9.55 Å². The molecule has 1 aromatic heterocycles. The maximum Gasteiger partial charge on any atom is 0.266 e. The minimum atomic E-state index is -0.0695. The van der Waals surface area contributed by atoms with E-state index in [0.29, 0.717) is 16.7 Å². The molecule has 0 saturated heterocycles.